The fourth-order valence-electron chi connectivity index (χ4n) is 2.97. The van der Waals surface area contributed by atoms with Gasteiger partial charge in [0.15, 0.2) is 0 Å². The van der Waals surface area contributed by atoms with Crippen LogP contribution in [0.1, 0.15) is 36.2 Å². The number of fused-ring (bicyclic) bond motifs is 1. The Kier molecular flexibility index (Phi) is 5.54. The van der Waals surface area contributed by atoms with E-state index >= 15 is 0 Å². The number of benzene rings is 1. The van der Waals surface area contributed by atoms with Crippen molar-refractivity contribution in [2.75, 3.05) is 0 Å². The molecular formula is C21H23N3O3. The molecule has 3 aromatic rings. The summed E-state index contributed by atoms with van der Waals surface area (Å²) in [6.45, 7) is 4.90. The highest BCUT2D eigenvalue weighted by molar-refractivity contribution is 6.02. The molecule has 6 heteroatoms. The molecule has 0 aliphatic carbocycles. The monoisotopic (exact) mass is 365 g/mol. The quantitative estimate of drug-likeness (QED) is 0.703. The molecule has 1 aromatic carbocycles. The second-order valence-electron chi connectivity index (χ2n) is 6.92. The van der Waals surface area contributed by atoms with E-state index in [-0.39, 0.29) is 17.9 Å². The normalized spacial score (nSPS) is 11.1. The third-order valence-electron chi connectivity index (χ3n) is 4.51. The van der Waals surface area contributed by atoms with E-state index < -0.39 is 11.5 Å². The molecule has 0 unspecified atom stereocenters. The molecular weight excluding hydrogens is 342 g/mol. The summed E-state index contributed by atoms with van der Waals surface area (Å²) < 4.78 is 1.58. The van der Waals surface area contributed by atoms with E-state index in [4.69, 9.17) is 0 Å². The van der Waals surface area contributed by atoms with Gasteiger partial charge in [0.05, 0.1) is 5.52 Å². The lowest BCUT2D eigenvalue weighted by molar-refractivity contribution is 0.0946. The second-order valence-corrected chi connectivity index (χ2v) is 6.92. The zero-order valence-corrected chi connectivity index (χ0v) is 15.5. The molecule has 0 radical (unpaired) electrons. The summed E-state index contributed by atoms with van der Waals surface area (Å²) in [5.41, 5.74) is 0.802. The van der Waals surface area contributed by atoms with Crippen molar-refractivity contribution in [1.29, 1.82) is 0 Å². The van der Waals surface area contributed by atoms with Gasteiger partial charge < -0.3 is 15.0 Å². The number of pyridine rings is 2. The maximum absolute atomic E-state index is 13.0. The molecule has 0 aliphatic heterocycles. The van der Waals surface area contributed by atoms with Crippen LogP contribution in [0.2, 0.25) is 0 Å². The highest BCUT2D eigenvalue weighted by Crippen LogP contribution is 2.26. The number of carbonyl (C=O) groups excluding carboxylic acids is 1. The number of amides is 1. The van der Waals surface area contributed by atoms with Gasteiger partial charge in [0.2, 0.25) is 0 Å². The Balaban J connectivity index is 2.01. The Morgan fingerprint density at radius 3 is 2.59 bits per heavy atom. The van der Waals surface area contributed by atoms with E-state index in [2.05, 4.69) is 24.1 Å². The molecule has 1 amide bonds. The number of aromatic nitrogens is 2. The van der Waals surface area contributed by atoms with Crippen LogP contribution in [0.4, 0.5) is 0 Å². The molecule has 6 nitrogen and oxygen atoms in total. The van der Waals surface area contributed by atoms with E-state index in [0.717, 1.165) is 12.0 Å². The molecule has 2 N–H and O–H groups in total. The number of hydrogen-bond acceptors (Lipinski definition) is 4. The third kappa shape index (κ3) is 4.00. The highest BCUT2D eigenvalue weighted by Gasteiger charge is 2.22. The minimum atomic E-state index is -0.585. The van der Waals surface area contributed by atoms with E-state index in [1.54, 1.807) is 47.3 Å². The maximum Gasteiger partial charge on any atom is 0.267 e. The van der Waals surface area contributed by atoms with Crippen molar-refractivity contribution in [3.05, 3.63) is 70.3 Å². The van der Waals surface area contributed by atoms with Gasteiger partial charge in [-0.3, -0.25) is 14.6 Å². The predicted molar refractivity (Wildman–Crippen MR) is 105 cm³/mol. The largest absolute Gasteiger partial charge is 0.506 e. The molecule has 2 aromatic heterocycles. The van der Waals surface area contributed by atoms with Crippen LogP contribution in [0, 0.1) is 5.92 Å². The van der Waals surface area contributed by atoms with Crippen LogP contribution in [0.3, 0.4) is 0 Å². The van der Waals surface area contributed by atoms with E-state index in [0.29, 0.717) is 23.4 Å². The second kappa shape index (κ2) is 8.03. The number of hydrogen-bond donors (Lipinski definition) is 2. The van der Waals surface area contributed by atoms with Gasteiger partial charge in [-0.15, -0.1) is 0 Å². The first-order valence-electron chi connectivity index (χ1n) is 9.00. The van der Waals surface area contributed by atoms with Gasteiger partial charge in [-0.05, 0) is 42.2 Å². The van der Waals surface area contributed by atoms with E-state index in [1.165, 1.54) is 0 Å². The number of rotatable bonds is 6. The molecule has 0 fully saturated rings. The third-order valence-corrected chi connectivity index (χ3v) is 4.51. The standard InChI is InChI=1S/C21H23N3O3/c1-14(2)9-12-24-17-6-4-3-5-16(17)19(25)18(21(24)27)20(26)23-13-15-7-10-22-11-8-15/h3-8,10-11,14,25H,9,12-13H2,1-2H3,(H,23,26). The Labute approximate surface area is 157 Å². The van der Waals surface area contributed by atoms with Crippen molar-refractivity contribution in [3.8, 4) is 5.75 Å². The Hall–Kier alpha value is -3.15. The van der Waals surface area contributed by atoms with Gasteiger partial charge in [0.25, 0.3) is 11.5 Å². The summed E-state index contributed by atoms with van der Waals surface area (Å²) in [6, 6.07) is 10.7. The lowest BCUT2D eigenvalue weighted by atomic mass is 10.1. The topological polar surface area (TPSA) is 84.2 Å². The molecule has 0 spiro atoms. The number of carbonyl (C=O) groups is 1. The smallest absolute Gasteiger partial charge is 0.267 e. The molecule has 0 atom stereocenters. The van der Waals surface area contributed by atoms with Crippen LogP contribution < -0.4 is 10.9 Å². The van der Waals surface area contributed by atoms with Gasteiger partial charge in [-0.1, -0.05) is 26.0 Å². The Morgan fingerprint density at radius 2 is 1.89 bits per heavy atom. The van der Waals surface area contributed by atoms with Crippen LogP contribution in [-0.4, -0.2) is 20.6 Å². The summed E-state index contributed by atoms with van der Waals surface area (Å²) >= 11 is 0. The first kappa shape index (κ1) is 18.6. The maximum atomic E-state index is 13.0. The molecule has 140 valence electrons. The van der Waals surface area contributed by atoms with Crippen LogP contribution in [0.25, 0.3) is 10.9 Å². The van der Waals surface area contributed by atoms with Crippen molar-refractivity contribution in [3.63, 3.8) is 0 Å². The van der Waals surface area contributed by atoms with Crippen LogP contribution in [-0.2, 0) is 13.1 Å². The van der Waals surface area contributed by atoms with Gasteiger partial charge in [0.1, 0.15) is 11.3 Å². The first-order valence-corrected chi connectivity index (χ1v) is 9.00. The highest BCUT2D eigenvalue weighted by atomic mass is 16.3. The lowest BCUT2D eigenvalue weighted by Gasteiger charge is -2.16. The number of nitrogens with one attached hydrogen (secondary N) is 1. The number of aryl methyl sites for hydroxylation is 1. The summed E-state index contributed by atoms with van der Waals surface area (Å²) in [5.74, 6) is -0.449. The Bertz CT molecular complexity index is 1010. The summed E-state index contributed by atoms with van der Waals surface area (Å²) in [5, 5.41) is 13.8. The fraction of sp³-hybridized carbons (Fsp3) is 0.286. The molecule has 3 rings (SSSR count). The fourth-order valence-corrected chi connectivity index (χ4v) is 2.97. The molecule has 2 heterocycles. The molecule has 0 saturated heterocycles. The van der Waals surface area contributed by atoms with E-state index in [9.17, 15) is 14.7 Å². The van der Waals surface area contributed by atoms with Crippen molar-refractivity contribution in [2.24, 2.45) is 5.92 Å². The number of aromatic hydroxyl groups is 1. The average Bonchev–Trinajstić information content (AvgIpc) is 2.67. The van der Waals surface area contributed by atoms with Crippen LogP contribution in [0.5, 0.6) is 5.75 Å². The van der Waals surface area contributed by atoms with E-state index in [1.807, 2.05) is 6.07 Å². The van der Waals surface area contributed by atoms with Crippen molar-refractivity contribution < 1.29 is 9.90 Å². The minimum absolute atomic E-state index is 0.216. The zero-order valence-electron chi connectivity index (χ0n) is 15.5. The van der Waals surface area contributed by atoms with Gasteiger partial charge >= 0.3 is 0 Å². The molecule has 27 heavy (non-hydrogen) atoms. The van der Waals surface area contributed by atoms with Crippen LogP contribution in [0.15, 0.2) is 53.6 Å². The first-order chi connectivity index (χ1) is 13.0. The average molecular weight is 365 g/mol. The molecule has 0 saturated carbocycles. The zero-order chi connectivity index (χ0) is 19.4. The SMILES string of the molecule is CC(C)CCn1c(=O)c(C(=O)NCc2ccncc2)c(O)c2ccccc21. The van der Waals surface area contributed by atoms with Gasteiger partial charge in [0, 0.05) is 30.9 Å². The predicted octanol–water partition coefficient (Wildman–Crippen LogP) is 3.08. The molecule has 0 bridgehead atoms. The lowest BCUT2D eigenvalue weighted by Crippen LogP contribution is -2.33. The van der Waals surface area contributed by atoms with Crippen molar-refractivity contribution >= 4 is 16.8 Å². The van der Waals surface area contributed by atoms with Crippen LogP contribution >= 0.6 is 0 Å². The van der Waals surface area contributed by atoms with Gasteiger partial charge in [-0.2, -0.15) is 0 Å². The Morgan fingerprint density at radius 1 is 1.19 bits per heavy atom. The van der Waals surface area contributed by atoms with Gasteiger partial charge in [-0.25, -0.2) is 0 Å². The molecule has 0 aliphatic rings. The van der Waals surface area contributed by atoms with Crippen molar-refractivity contribution in [2.45, 2.75) is 33.4 Å². The van der Waals surface area contributed by atoms with Crippen molar-refractivity contribution in [1.82, 2.24) is 14.9 Å². The summed E-state index contributed by atoms with van der Waals surface area (Å²) in [6.07, 6.45) is 4.06. The number of nitrogens with zero attached hydrogens (tertiary/aromatic N) is 2. The summed E-state index contributed by atoms with van der Waals surface area (Å²) in [4.78, 5) is 29.6. The summed E-state index contributed by atoms with van der Waals surface area (Å²) in [7, 11) is 0. The number of para-hydroxylation sites is 1. The minimum Gasteiger partial charge on any atom is -0.506 e.